The molecule has 1 aromatic rings. The standard InChI is InChI=1S/C15H24N2O3/c1-10(2)16-9-15(18)17-11(3)13-8-12(19-4)6-7-14(13)20-5/h6-8,10-11,16H,9H2,1-5H3,(H,17,18). The fraction of sp³-hybridized carbons (Fsp3) is 0.533. The highest BCUT2D eigenvalue weighted by atomic mass is 16.5. The van der Waals surface area contributed by atoms with Crippen molar-refractivity contribution in [3.8, 4) is 11.5 Å². The Kier molecular flexibility index (Phi) is 6.31. The monoisotopic (exact) mass is 280 g/mol. The molecule has 1 rings (SSSR count). The van der Waals surface area contributed by atoms with E-state index in [2.05, 4.69) is 10.6 Å². The molecule has 0 aliphatic carbocycles. The normalized spacial score (nSPS) is 12.1. The lowest BCUT2D eigenvalue weighted by Gasteiger charge is -2.18. The van der Waals surface area contributed by atoms with E-state index in [1.165, 1.54) is 0 Å². The van der Waals surface area contributed by atoms with Crippen LogP contribution in [0.1, 0.15) is 32.4 Å². The highest BCUT2D eigenvalue weighted by Crippen LogP contribution is 2.29. The van der Waals surface area contributed by atoms with Gasteiger partial charge in [-0.1, -0.05) is 13.8 Å². The molecule has 112 valence electrons. The zero-order valence-corrected chi connectivity index (χ0v) is 12.8. The molecule has 5 nitrogen and oxygen atoms in total. The summed E-state index contributed by atoms with van der Waals surface area (Å²) in [5.41, 5.74) is 0.893. The van der Waals surface area contributed by atoms with Crippen LogP contribution < -0.4 is 20.1 Å². The molecule has 0 aromatic heterocycles. The molecule has 0 saturated heterocycles. The van der Waals surface area contributed by atoms with E-state index < -0.39 is 0 Å². The van der Waals surface area contributed by atoms with Gasteiger partial charge in [0.2, 0.25) is 5.91 Å². The first kappa shape index (κ1) is 16.3. The molecule has 1 amide bonds. The Balaban J connectivity index is 2.75. The summed E-state index contributed by atoms with van der Waals surface area (Å²) in [4.78, 5) is 11.8. The molecule has 0 bridgehead atoms. The van der Waals surface area contributed by atoms with Gasteiger partial charge in [-0.15, -0.1) is 0 Å². The molecular weight excluding hydrogens is 256 g/mol. The van der Waals surface area contributed by atoms with Gasteiger partial charge in [-0.3, -0.25) is 4.79 Å². The van der Waals surface area contributed by atoms with Crippen molar-refractivity contribution >= 4 is 5.91 Å². The van der Waals surface area contributed by atoms with Crippen LogP contribution in [0.25, 0.3) is 0 Å². The van der Waals surface area contributed by atoms with Crippen LogP contribution in [0.4, 0.5) is 0 Å². The topological polar surface area (TPSA) is 59.6 Å². The molecule has 1 atom stereocenters. The van der Waals surface area contributed by atoms with Gasteiger partial charge in [-0.05, 0) is 25.1 Å². The minimum atomic E-state index is -0.151. The molecule has 0 aliphatic heterocycles. The summed E-state index contributed by atoms with van der Waals surface area (Å²) < 4.78 is 10.5. The van der Waals surface area contributed by atoms with Gasteiger partial charge in [0.25, 0.3) is 0 Å². The van der Waals surface area contributed by atoms with Crippen molar-refractivity contribution in [2.75, 3.05) is 20.8 Å². The SMILES string of the molecule is COc1ccc(OC)c(C(C)NC(=O)CNC(C)C)c1. The Labute approximate surface area is 120 Å². The van der Waals surface area contributed by atoms with E-state index in [0.717, 1.165) is 17.1 Å². The van der Waals surface area contributed by atoms with Crippen molar-refractivity contribution in [3.05, 3.63) is 23.8 Å². The molecular formula is C15H24N2O3. The lowest BCUT2D eigenvalue weighted by atomic mass is 10.1. The van der Waals surface area contributed by atoms with Crippen LogP contribution in [0.2, 0.25) is 0 Å². The highest BCUT2D eigenvalue weighted by Gasteiger charge is 2.15. The number of hydrogen-bond donors (Lipinski definition) is 2. The van der Waals surface area contributed by atoms with Crippen LogP contribution in [0.15, 0.2) is 18.2 Å². The number of methoxy groups -OCH3 is 2. The quantitative estimate of drug-likeness (QED) is 0.800. The molecule has 1 aromatic carbocycles. The summed E-state index contributed by atoms with van der Waals surface area (Å²) in [6.45, 7) is 6.22. The molecule has 5 heteroatoms. The lowest BCUT2D eigenvalue weighted by molar-refractivity contribution is -0.121. The fourth-order valence-corrected chi connectivity index (χ4v) is 1.84. The van der Waals surface area contributed by atoms with Crippen LogP contribution in [-0.4, -0.2) is 32.7 Å². The third-order valence-electron chi connectivity index (χ3n) is 2.95. The minimum absolute atomic E-state index is 0.0453. The van der Waals surface area contributed by atoms with Gasteiger partial charge >= 0.3 is 0 Å². The summed E-state index contributed by atoms with van der Waals surface area (Å²) in [7, 11) is 3.22. The third-order valence-corrected chi connectivity index (χ3v) is 2.95. The number of amides is 1. The zero-order valence-electron chi connectivity index (χ0n) is 12.8. The average molecular weight is 280 g/mol. The lowest BCUT2D eigenvalue weighted by Crippen LogP contribution is -2.38. The van der Waals surface area contributed by atoms with Gasteiger partial charge < -0.3 is 20.1 Å². The van der Waals surface area contributed by atoms with Crippen molar-refractivity contribution in [3.63, 3.8) is 0 Å². The van der Waals surface area contributed by atoms with Crippen molar-refractivity contribution in [1.29, 1.82) is 0 Å². The smallest absolute Gasteiger partial charge is 0.234 e. The third kappa shape index (κ3) is 4.74. The highest BCUT2D eigenvalue weighted by molar-refractivity contribution is 5.78. The summed E-state index contributed by atoms with van der Waals surface area (Å²) in [6.07, 6.45) is 0. The second-order valence-corrected chi connectivity index (χ2v) is 4.93. The summed E-state index contributed by atoms with van der Waals surface area (Å²) in [6, 6.07) is 5.67. The summed E-state index contributed by atoms with van der Waals surface area (Å²) in [5.74, 6) is 1.42. The Bertz CT molecular complexity index is 447. The van der Waals surface area contributed by atoms with Gasteiger partial charge in [0.1, 0.15) is 11.5 Å². The van der Waals surface area contributed by atoms with E-state index in [-0.39, 0.29) is 18.0 Å². The minimum Gasteiger partial charge on any atom is -0.497 e. The molecule has 20 heavy (non-hydrogen) atoms. The van der Waals surface area contributed by atoms with E-state index in [1.807, 2.05) is 39.0 Å². The van der Waals surface area contributed by atoms with Crippen molar-refractivity contribution in [1.82, 2.24) is 10.6 Å². The molecule has 0 spiro atoms. The molecule has 2 N–H and O–H groups in total. The van der Waals surface area contributed by atoms with Crippen LogP contribution in [0.3, 0.4) is 0 Å². The summed E-state index contributed by atoms with van der Waals surface area (Å²) in [5, 5.41) is 6.03. The van der Waals surface area contributed by atoms with Crippen LogP contribution in [0.5, 0.6) is 11.5 Å². The molecule has 1 unspecified atom stereocenters. The van der Waals surface area contributed by atoms with Crippen LogP contribution >= 0.6 is 0 Å². The first-order valence-corrected chi connectivity index (χ1v) is 6.72. The summed E-state index contributed by atoms with van der Waals surface area (Å²) >= 11 is 0. The van der Waals surface area contributed by atoms with E-state index in [4.69, 9.17) is 9.47 Å². The Morgan fingerprint density at radius 3 is 2.45 bits per heavy atom. The van der Waals surface area contributed by atoms with Gasteiger partial charge in [0.15, 0.2) is 0 Å². The maximum atomic E-state index is 11.8. The maximum Gasteiger partial charge on any atom is 0.234 e. The fourth-order valence-electron chi connectivity index (χ4n) is 1.84. The Hall–Kier alpha value is -1.75. The van der Waals surface area contributed by atoms with Gasteiger partial charge in [-0.2, -0.15) is 0 Å². The number of nitrogens with one attached hydrogen (secondary N) is 2. The van der Waals surface area contributed by atoms with Crippen LogP contribution in [-0.2, 0) is 4.79 Å². The second-order valence-electron chi connectivity index (χ2n) is 4.93. The van der Waals surface area contributed by atoms with Crippen molar-refractivity contribution in [2.24, 2.45) is 0 Å². The van der Waals surface area contributed by atoms with Crippen molar-refractivity contribution < 1.29 is 14.3 Å². The first-order chi connectivity index (χ1) is 9.47. The second kappa shape index (κ2) is 7.75. The molecule has 0 aliphatic rings. The Morgan fingerprint density at radius 1 is 1.20 bits per heavy atom. The predicted molar refractivity (Wildman–Crippen MR) is 79.2 cm³/mol. The number of benzene rings is 1. The largest absolute Gasteiger partial charge is 0.497 e. The number of hydrogen-bond acceptors (Lipinski definition) is 4. The van der Waals surface area contributed by atoms with E-state index in [0.29, 0.717) is 6.54 Å². The first-order valence-electron chi connectivity index (χ1n) is 6.72. The molecule has 0 fully saturated rings. The van der Waals surface area contributed by atoms with E-state index in [9.17, 15) is 4.79 Å². The number of carbonyl (C=O) groups is 1. The average Bonchev–Trinajstić information content (AvgIpc) is 2.44. The van der Waals surface area contributed by atoms with Gasteiger partial charge in [0.05, 0.1) is 26.8 Å². The van der Waals surface area contributed by atoms with E-state index in [1.54, 1.807) is 14.2 Å². The molecule has 0 saturated carbocycles. The molecule has 0 radical (unpaired) electrons. The maximum absolute atomic E-state index is 11.8. The number of carbonyl (C=O) groups excluding carboxylic acids is 1. The van der Waals surface area contributed by atoms with Gasteiger partial charge in [-0.25, -0.2) is 0 Å². The Morgan fingerprint density at radius 2 is 1.90 bits per heavy atom. The van der Waals surface area contributed by atoms with Crippen LogP contribution in [0, 0.1) is 0 Å². The van der Waals surface area contributed by atoms with E-state index >= 15 is 0 Å². The number of ether oxygens (including phenoxy) is 2. The number of rotatable bonds is 7. The molecule has 0 heterocycles. The zero-order chi connectivity index (χ0) is 15.1. The van der Waals surface area contributed by atoms with Crippen molar-refractivity contribution in [2.45, 2.75) is 32.9 Å². The predicted octanol–water partition coefficient (Wildman–Crippen LogP) is 1.88. The van der Waals surface area contributed by atoms with Gasteiger partial charge in [0, 0.05) is 11.6 Å².